The molecule has 0 fully saturated rings. The number of halogens is 3. The van der Waals surface area contributed by atoms with Crippen molar-refractivity contribution in [2.75, 3.05) is 11.1 Å². The average Bonchev–Trinajstić information content (AvgIpc) is 3.12. The van der Waals surface area contributed by atoms with E-state index in [4.69, 9.17) is 17.3 Å². The summed E-state index contributed by atoms with van der Waals surface area (Å²) in [6, 6.07) is 15.6. The molecule has 10 heteroatoms. The molecule has 0 spiro atoms. The summed E-state index contributed by atoms with van der Waals surface area (Å²) in [4.78, 5) is 12.7. The minimum Gasteiger partial charge on any atom is -0.396 e. The molecule has 0 unspecified atom stereocenters. The summed E-state index contributed by atoms with van der Waals surface area (Å²) in [6.07, 6.45) is 0. The first-order valence-electron chi connectivity index (χ1n) is 9.42. The van der Waals surface area contributed by atoms with E-state index in [1.807, 2.05) is 0 Å². The molecule has 3 N–H and O–H groups in total. The number of benzene rings is 3. The van der Waals surface area contributed by atoms with E-state index in [0.29, 0.717) is 10.7 Å². The molecule has 4 rings (SSSR count). The number of ketones is 1. The third-order valence-corrected chi connectivity index (χ3v) is 8.06. The Kier molecular flexibility index (Phi) is 6.20. The van der Waals surface area contributed by atoms with Gasteiger partial charge in [0.25, 0.3) is 0 Å². The third kappa shape index (κ3) is 4.61. The molecule has 4 aromatic rings. The molecule has 1 heterocycles. The van der Waals surface area contributed by atoms with Crippen LogP contribution in [0.4, 0.5) is 25.2 Å². The Morgan fingerprint density at radius 1 is 0.879 bits per heavy atom. The third-order valence-electron chi connectivity index (χ3n) is 4.71. The van der Waals surface area contributed by atoms with Crippen molar-refractivity contribution in [2.45, 2.75) is 9.79 Å². The van der Waals surface area contributed by atoms with Gasteiger partial charge in [0.1, 0.15) is 26.4 Å². The fraction of sp³-hybridized carbons (Fsp3) is 0. The van der Waals surface area contributed by atoms with Gasteiger partial charge in [-0.1, -0.05) is 11.6 Å². The Bertz CT molecular complexity index is 1440. The van der Waals surface area contributed by atoms with Crippen LogP contribution in [0.15, 0.2) is 82.6 Å². The van der Waals surface area contributed by atoms with E-state index in [0.717, 1.165) is 23.5 Å². The molecule has 33 heavy (non-hydrogen) atoms. The molecule has 0 aliphatic rings. The zero-order valence-corrected chi connectivity index (χ0v) is 19.1. The van der Waals surface area contributed by atoms with Gasteiger partial charge in [0.15, 0.2) is 0 Å². The molecule has 0 aliphatic heterocycles. The lowest BCUT2D eigenvalue weighted by Crippen LogP contribution is -2.08. The van der Waals surface area contributed by atoms with Crippen molar-refractivity contribution in [1.82, 2.24) is 0 Å². The Balaban J connectivity index is 1.87. The van der Waals surface area contributed by atoms with Crippen LogP contribution in [0.1, 0.15) is 15.2 Å². The second-order valence-corrected chi connectivity index (χ2v) is 10.3. The molecule has 0 atom stereocenters. The number of hydrogen-bond donors (Lipinski definition) is 2. The monoisotopic (exact) mass is 504 g/mol. The number of nitrogen functional groups attached to an aromatic ring is 1. The van der Waals surface area contributed by atoms with E-state index in [-0.39, 0.29) is 30.9 Å². The first-order valence-corrected chi connectivity index (χ1v) is 12.1. The van der Waals surface area contributed by atoms with Gasteiger partial charge >= 0.3 is 0 Å². The number of hydrogen-bond acceptors (Lipinski definition) is 6. The van der Waals surface area contributed by atoms with Crippen molar-refractivity contribution in [3.05, 3.63) is 99.9 Å². The molecule has 0 saturated carbocycles. The second kappa shape index (κ2) is 8.93. The van der Waals surface area contributed by atoms with E-state index in [9.17, 15) is 22.0 Å². The van der Waals surface area contributed by atoms with Gasteiger partial charge in [-0.25, -0.2) is 17.2 Å². The van der Waals surface area contributed by atoms with Crippen LogP contribution < -0.4 is 11.1 Å². The highest BCUT2D eigenvalue weighted by Crippen LogP contribution is 2.44. The number of nitrogens with one attached hydrogen (secondary N) is 1. The molecule has 0 radical (unpaired) electrons. The van der Waals surface area contributed by atoms with Crippen LogP contribution in [-0.2, 0) is 9.84 Å². The molecule has 0 amide bonds. The Morgan fingerprint density at radius 2 is 1.42 bits per heavy atom. The molecular formula is C23H15ClF2N2O3S2. The molecule has 3 aromatic carbocycles. The summed E-state index contributed by atoms with van der Waals surface area (Å²) in [5.74, 6) is -1.54. The quantitative estimate of drug-likeness (QED) is 0.311. The molecule has 1 aromatic heterocycles. The van der Waals surface area contributed by atoms with Crippen LogP contribution in [0.25, 0.3) is 0 Å². The zero-order valence-electron chi connectivity index (χ0n) is 16.7. The van der Waals surface area contributed by atoms with Crippen LogP contribution in [-0.4, -0.2) is 14.2 Å². The van der Waals surface area contributed by atoms with Gasteiger partial charge in [-0.3, -0.25) is 4.79 Å². The van der Waals surface area contributed by atoms with E-state index < -0.39 is 27.3 Å². The van der Waals surface area contributed by atoms with E-state index in [2.05, 4.69) is 5.32 Å². The fourth-order valence-electron chi connectivity index (χ4n) is 3.07. The topological polar surface area (TPSA) is 89.3 Å². The molecule has 5 nitrogen and oxygen atoms in total. The van der Waals surface area contributed by atoms with Crippen molar-refractivity contribution in [3.8, 4) is 0 Å². The minimum absolute atomic E-state index is 0.0289. The van der Waals surface area contributed by atoms with Gasteiger partial charge in [0.2, 0.25) is 15.6 Å². The lowest BCUT2D eigenvalue weighted by molar-refractivity contribution is 0.104. The molecular weight excluding hydrogens is 490 g/mol. The van der Waals surface area contributed by atoms with Crippen LogP contribution in [0, 0.1) is 11.6 Å². The zero-order chi connectivity index (χ0) is 23.8. The first-order chi connectivity index (χ1) is 15.7. The van der Waals surface area contributed by atoms with Gasteiger partial charge < -0.3 is 11.1 Å². The molecule has 0 saturated heterocycles. The van der Waals surface area contributed by atoms with E-state index >= 15 is 0 Å². The number of nitrogens with two attached hydrogens (primary N) is 1. The van der Waals surface area contributed by atoms with Crippen molar-refractivity contribution in [2.24, 2.45) is 0 Å². The number of carbonyl (C=O) groups is 1. The smallest absolute Gasteiger partial charge is 0.211 e. The van der Waals surface area contributed by atoms with Gasteiger partial charge in [-0.15, -0.1) is 11.3 Å². The predicted octanol–water partition coefficient (Wildman–Crippen LogP) is 6.07. The van der Waals surface area contributed by atoms with Crippen molar-refractivity contribution < 1.29 is 22.0 Å². The molecule has 0 aliphatic carbocycles. The Labute approximate surface area is 197 Å². The molecule has 0 bridgehead atoms. The maximum atomic E-state index is 13.5. The first kappa shape index (κ1) is 22.9. The maximum Gasteiger partial charge on any atom is 0.211 e. The highest BCUT2D eigenvalue weighted by Gasteiger charge is 2.31. The van der Waals surface area contributed by atoms with Gasteiger partial charge in [-0.2, -0.15) is 0 Å². The predicted molar refractivity (Wildman–Crippen MR) is 125 cm³/mol. The fourth-order valence-corrected chi connectivity index (χ4v) is 6.13. The van der Waals surface area contributed by atoms with Gasteiger partial charge in [0.05, 0.1) is 10.6 Å². The van der Waals surface area contributed by atoms with E-state index in [1.165, 1.54) is 60.7 Å². The number of thiophene rings is 1. The number of anilines is 3. The van der Waals surface area contributed by atoms with E-state index in [1.54, 1.807) is 0 Å². The summed E-state index contributed by atoms with van der Waals surface area (Å²) < 4.78 is 53.5. The SMILES string of the molecule is Nc1c(C(=O)c2ccc(F)cc2)sc(Nc2ccc(F)cc2)c1S(=O)(=O)c1ccc(Cl)cc1. The van der Waals surface area contributed by atoms with Crippen LogP contribution in [0.3, 0.4) is 0 Å². The van der Waals surface area contributed by atoms with Crippen molar-refractivity contribution in [1.29, 1.82) is 0 Å². The van der Waals surface area contributed by atoms with Gasteiger partial charge in [-0.05, 0) is 72.8 Å². The largest absolute Gasteiger partial charge is 0.396 e. The molecule has 168 valence electrons. The number of sulfone groups is 1. The van der Waals surface area contributed by atoms with Gasteiger partial charge in [0, 0.05) is 16.3 Å². The minimum atomic E-state index is -4.17. The number of carbonyl (C=O) groups excluding carboxylic acids is 1. The van der Waals surface area contributed by atoms with Crippen LogP contribution in [0.5, 0.6) is 0 Å². The second-order valence-electron chi connectivity index (χ2n) is 6.93. The Morgan fingerprint density at radius 3 is 2.00 bits per heavy atom. The van der Waals surface area contributed by atoms with Crippen molar-refractivity contribution in [3.63, 3.8) is 0 Å². The summed E-state index contributed by atoms with van der Waals surface area (Å²) in [5, 5.41) is 3.35. The lowest BCUT2D eigenvalue weighted by Gasteiger charge is -2.10. The summed E-state index contributed by atoms with van der Waals surface area (Å²) in [6.45, 7) is 0. The Hall–Kier alpha value is -3.27. The number of rotatable bonds is 6. The summed E-state index contributed by atoms with van der Waals surface area (Å²) in [7, 11) is -4.17. The normalized spacial score (nSPS) is 11.4. The standard InChI is InChI=1S/C23H15ClF2N2O3S2/c24-14-3-11-18(12-4-14)33(30,31)22-19(27)21(20(29)13-1-5-15(25)6-2-13)32-23(22)28-17-9-7-16(26)8-10-17/h1-12,28H,27H2. The van der Waals surface area contributed by atoms with Crippen LogP contribution in [0.2, 0.25) is 5.02 Å². The van der Waals surface area contributed by atoms with Crippen LogP contribution >= 0.6 is 22.9 Å². The highest BCUT2D eigenvalue weighted by atomic mass is 35.5. The summed E-state index contributed by atoms with van der Waals surface area (Å²) in [5.41, 5.74) is 6.51. The maximum absolute atomic E-state index is 13.5. The average molecular weight is 505 g/mol. The van der Waals surface area contributed by atoms with Crippen molar-refractivity contribution >= 4 is 54.9 Å². The lowest BCUT2D eigenvalue weighted by atomic mass is 10.1. The summed E-state index contributed by atoms with van der Waals surface area (Å²) >= 11 is 6.72. The highest BCUT2D eigenvalue weighted by molar-refractivity contribution is 7.92.